The molecule has 0 aliphatic heterocycles. The van der Waals surface area contributed by atoms with Crippen LogP contribution in [-0.4, -0.2) is 15.6 Å². The number of amidine groups is 1. The number of nitrogens with zero attached hydrogens (tertiary/aromatic N) is 3. The number of nitrogens with two attached hydrogens (primary N) is 2. The fourth-order valence-electron chi connectivity index (χ4n) is 1.30. The molecule has 0 aliphatic rings. The van der Waals surface area contributed by atoms with E-state index in [-0.39, 0.29) is 5.41 Å². The van der Waals surface area contributed by atoms with Crippen LogP contribution < -0.4 is 11.6 Å². The molecular formula is C9H17N5. The lowest BCUT2D eigenvalue weighted by molar-refractivity contribution is 0.552. The summed E-state index contributed by atoms with van der Waals surface area (Å²) in [6.45, 7) is 6.22. The van der Waals surface area contributed by atoms with Crippen molar-refractivity contribution < 1.29 is 0 Å². The van der Waals surface area contributed by atoms with E-state index in [1.165, 1.54) is 0 Å². The highest BCUT2D eigenvalue weighted by atomic mass is 15.3. The summed E-state index contributed by atoms with van der Waals surface area (Å²) < 4.78 is 1.72. The minimum absolute atomic E-state index is 0.0636. The summed E-state index contributed by atoms with van der Waals surface area (Å²) in [5.41, 5.74) is 7.33. The number of hydrogen-bond donors (Lipinski definition) is 2. The van der Waals surface area contributed by atoms with Crippen LogP contribution in [0.25, 0.3) is 0 Å². The summed E-state index contributed by atoms with van der Waals surface area (Å²) in [5, 5.41) is 7.84. The van der Waals surface area contributed by atoms with E-state index < -0.39 is 0 Å². The molecule has 0 saturated carbocycles. The van der Waals surface area contributed by atoms with Crippen molar-refractivity contribution in [1.29, 1.82) is 0 Å². The average Bonchev–Trinajstić information content (AvgIpc) is 2.45. The SMILES string of the molecule is Cn1cc(/C(N)=N/N)c(C(C)(C)C)n1. The third-order valence-corrected chi connectivity index (χ3v) is 1.95. The molecule has 5 nitrogen and oxygen atoms in total. The first-order valence-corrected chi connectivity index (χ1v) is 4.44. The molecule has 0 aromatic carbocycles. The van der Waals surface area contributed by atoms with Gasteiger partial charge in [-0.1, -0.05) is 20.8 Å². The molecule has 4 N–H and O–H groups in total. The molecule has 14 heavy (non-hydrogen) atoms. The Morgan fingerprint density at radius 1 is 1.50 bits per heavy atom. The summed E-state index contributed by atoms with van der Waals surface area (Å²) in [6, 6.07) is 0. The molecule has 0 atom stereocenters. The first-order valence-electron chi connectivity index (χ1n) is 4.44. The fraction of sp³-hybridized carbons (Fsp3) is 0.556. The predicted octanol–water partition coefficient (Wildman–Crippen LogP) is 0.297. The zero-order chi connectivity index (χ0) is 10.9. The van der Waals surface area contributed by atoms with E-state index in [1.807, 2.05) is 13.2 Å². The van der Waals surface area contributed by atoms with Gasteiger partial charge in [-0.05, 0) is 0 Å². The standard InChI is InChI=1S/C9H17N5/c1-9(2,3)7-6(8(10)12-11)5-14(4)13-7/h5H,11H2,1-4H3,(H2,10,12). The van der Waals surface area contributed by atoms with Crippen molar-refractivity contribution in [3.63, 3.8) is 0 Å². The van der Waals surface area contributed by atoms with Crippen LogP contribution in [0, 0.1) is 0 Å². The molecule has 0 aliphatic carbocycles. The highest BCUT2D eigenvalue weighted by Gasteiger charge is 2.23. The summed E-state index contributed by atoms with van der Waals surface area (Å²) in [5.74, 6) is 5.47. The van der Waals surface area contributed by atoms with Crippen LogP contribution in [-0.2, 0) is 12.5 Å². The van der Waals surface area contributed by atoms with Crippen LogP contribution in [0.2, 0.25) is 0 Å². The summed E-state index contributed by atoms with van der Waals surface area (Å²) in [4.78, 5) is 0. The van der Waals surface area contributed by atoms with Crippen LogP contribution in [0.15, 0.2) is 11.3 Å². The van der Waals surface area contributed by atoms with E-state index in [9.17, 15) is 0 Å². The van der Waals surface area contributed by atoms with Crippen molar-refractivity contribution in [1.82, 2.24) is 9.78 Å². The number of hydrogen-bond acceptors (Lipinski definition) is 3. The Kier molecular flexibility index (Phi) is 2.51. The van der Waals surface area contributed by atoms with Gasteiger partial charge in [0.2, 0.25) is 0 Å². The lowest BCUT2D eigenvalue weighted by atomic mass is 9.89. The Bertz CT molecular complexity index is 356. The van der Waals surface area contributed by atoms with Crippen LogP contribution in [0.5, 0.6) is 0 Å². The van der Waals surface area contributed by atoms with Gasteiger partial charge in [0.15, 0.2) is 5.84 Å². The van der Waals surface area contributed by atoms with Gasteiger partial charge in [-0.25, -0.2) is 0 Å². The van der Waals surface area contributed by atoms with Gasteiger partial charge in [0.1, 0.15) is 0 Å². The van der Waals surface area contributed by atoms with Gasteiger partial charge in [-0.15, -0.1) is 0 Å². The van der Waals surface area contributed by atoms with Crippen molar-refractivity contribution in [2.75, 3.05) is 0 Å². The largest absolute Gasteiger partial charge is 0.382 e. The first-order chi connectivity index (χ1) is 6.36. The Hall–Kier alpha value is -1.52. The maximum Gasteiger partial charge on any atom is 0.153 e. The minimum atomic E-state index is -0.0636. The maximum absolute atomic E-state index is 5.68. The molecule has 0 spiro atoms. The molecule has 5 heteroatoms. The van der Waals surface area contributed by atoms with E-state index in [4.69, 9.17) is 11.6 Å². The third-order valence-electron chi connectivity index (χ3n) is 1.95. The Balaban J connectivity index is 3.30. The average molecular weight is 195 g/mol. The molecule has 1 rings (SSSR count). The van der Waals surface area contributed by atoms with Crippen molar-refractivity contribution in [3.8, 4) is 0 Å². The van der Waals surface area contributed by atoms with E-state index in [0.717, 1.165) is 11.3 Å². The molecule has 0 radical (unpaired) electrons. The second kappa shape index (κ2) is 3.32. The molecule has 1 aromatic rings. The molecule has 0 saturated heterocycles. The van der Waals surface area contributed by atoms with E-state index in [0.29, 0.717) is 5.84 Å². The van der Waals surface area contributed by atoms with Gasteiger partial charge < -0.3 is 11.6 Å². The Labute approximate surface area is 83.8 Å². The van der Waals surface area contributed by atoms with Crippen LogP contribution >= 0.6 is 0 Å². The predicted molar refractivity (Wildman–Crippen MR) is 56.8 cm³/mol. The van der Waals surface area contributed by atoms with E-state index in [1.54, 1.807) is 4.68 Å². The lowest BCUT2D eigenvalue weighted by Gasteiger charge is -2.16. The van der Waals surface area contributed by atoms with Gasteiger partial charge in [0.05, 0.1) is 11.3 Å². The zero-order valence-electron chi connectivity index (χ0n) is 9.07. The smallest absolute Gasteiger partial charge is 0.153 e. The van der Waals surface area contributed by atoms with Crippen LogP contribution in [0.3, 0.4) is 0 Å². The van der Waals surface area contributed by atoms with Crippen molar-refractivity contribution >= 4 is 5.84 Å². The molecule has 0 bridgehead atoms. The lowest BCUT2D eigenvalue weighted by Crippen LogP contribution is -2.22. The normalized spacial score (nSPS) is 13.3. The third kappa shape index (κ3) is 1.86. The quantitative estimate of drug-likeness (QED) is 0.292. The van der Waals surface area contributed by atoms with Gasteiger partial charge in [0.25, 0.3) is 0 Å². The molecule has 0 unspecified atom stereocenters. The van der Waals surface area contributed by atoms with Gasteiger partial charge in [0, 0.05) is 18.7 Å². The molecule has 1 aromatic heterocycles. The summed E-state index contributed by atoms with van der Waals surface area (Å²) >= 11 is 0. The molecule has 78 valence electrons. The summed E-state index contributed by atoms with van der Waals surface area (Å²) in [6.07, 6.45) is 1.83. The zero-order valence-corrected chi connectivity index (χ0v) is 9.07. The van der Waals surface area contributed by atoms with Crippen molar-refractivity contribution in [2.24, 2.45) is 23.7 Å². The summed E-state index contributed by atoms with van der Waals surface area (Å²) in [7, 11) is 1.85. The Morgan fingerprint density at radius 2 is 2.07 bits per heavy atom. The second-order valence-corrected chi connectivity index (χ2v) is 4.33. The van der Waals surface area contributed by atoms with Crippen molar-refractivity contribution in [3.05, 3.63) is 17.5 Å². The number of rotatable bonds is 1. The highest BCUT2D eigenvalue weighted by molar-refractivity contribution is 5.98. The first kappa shape index (κ1) is 10.6. The minimum Gasteiger partial charge on any atom is -0.382 e. The maximum atomic E-state index is 5.68. The van der Waals surface area contributed by atoms with Crippen LogP contribution in [0.1, 0.15) is 32.0 Å². The van der Waals surface area contributed by atoms with Gasteiger partial charge in [-0.3, -0.25) is 4.68 Å². The second-order valence-electron chi connectivity index (χ2n) is 4.33. The van der Waals surface area contributed by atoms with Gasteiger partial charge in [-0.2, -0.15) is 10.2 Å². The fourth-order valence-corrected chi connectivity index (χ4v) is 1.30. The van der Waals surface area contributed by atoms with E-state index >= 15 is 0 Å². The molecule has 1 heterocycles. The van der Waals surface area contributed by atoms with Crippen molar-refractivity contribution in [2.45, 2.75) is 26.2 Å². The highest BCUT2D eigenvalue weighted by Crippen LogP contribution is 2.23. The number of aromatic nitrogens is 2. The Morgan fingerprint density at radius 3 is 2.50 bits per heavy atom. The van der Waals surface area contributed by atoms with Crippen LogP contribution in [0.4, 0.5) is 0 Å². The molecule has 0 fully saturated rings. The number of hydrazone groups is 1. The topological polar surface area (TPSA) is 82.2 Å². The molecular weight excluding hydrogens is 178 g/mol. The van der Waals surface area contributed by atoms with Gasteiger partial charge >= 0.3 is 0 Å². The van der Waals surface area contributed by atoms with E-state index in [2.05, 4.69) is 31.0 Å². The monoisotopic (exact) mass is 195 g/mol. The molecule has 0 amide bonds. The number of aryl methyl sites for hydroxylation is 1.